The average Bonchev–Trinajstić information content (AvgIpc) is 2.26. The molecule has 0 saturated carbocycles. The molecular weight excluding hydrogens is 394 g/mol. The van der Waals surface area contributed by atoms with E-state index < -0.39 is 12.6 Å². The summed E-state index contributed by atoms with van der Waals surface area (Å²) < 4.78 is 35.7. The first kappa shape index (κ1) is 23.1. The zero-order valence-electron chi connectivity index (χ0n) is 13.2. The molecule has 3 nitrogen and oxygen atoms in total. The summed E-state index contributed by atoms with van der Waals surface area (Å²) in [6.07, 6.45) is -0.985. The summed E-state index contributed by atoms with van der Waals surface area (Å²) in [5, 5.41) is 3.07. The first-order valence-electron chi connectivity index (χ1n) is 7.34. The number of unbranched alkanes of at least 4 members (excludes halogenated alkanes) is 1. The van der Waals surface area contributed by atoms with Gasteiger partial charge in [-0.05, 0) is 32.1 Å². The van der Waals surface area contributed by atoms with Crippen LogP contribution in [-0.4, -0.2) is 24.7 Å². The largest absolute Gasteiger partial charge is 0.389 e. The Morgan fingerprint density at radius 3 is 2.24 bits per heavy atom. The Labute approximate surface area is 143 Å². The molecule has 7 heteroatoms. The van der Waals surface area contributed by atoms with E-state index in [9.17, 15) is 13.2 Å². The second-order valence-electron chi connectivity index (χ2n) is 5.71. The van der Waals surface area contributed by atoms with E-state index in [4.69, 9.17) is 5.73 Å². The summed E-state index contributed by atoms with van der Waals surface area (Å²) in [6, 6.07) is 0.243. The molecule has 1 unspecified atom stereocenters. The summed E-state index contributed by atoms with van der Waals surface area (Å²) in [6.45, 7) is 6.75. The van der Waals surface area contributed by atoms with Crippen LogP contribution in [0.25, 0.3) is 0 Å². The molecule has 1 atom stereocenters. The van der Waals surface area contributed by atoms with Gasteiger partial charge in [0.1, 0.15) is 0 Å². The van der Waals surface area contributed by atoms with Crippen molar-refractivity contribution >= 4 is 29.9 Å². The lowest BCUT2D eigenvalue weighted by Gasteiger charge is -2.15. The molecule has 0 aliphatic heterocycles. The molecule has 0 aromatic carbocycles. The highest BCUT2D eigenvalue weighted by atomic mass is 127. The number of guanidine groups is 1. The van der Waals surface area contributed by atoms with Crippen LogP contribution >= 0.6 is 24.0 Å². The Kier molecular flexibility index (Phi) is 13.6. The van der Waals surface area contributed by atoms with E-state index in [1.54, 1.807) is 0 Å². The van der Waals surface area contributed by atoms with Gasteiger partial charge in [-0.3, -0.25) is 4.99 Å². The van der Waals surface area contributed by atoms with Gasteiger partial charge in [-0.1, -0.05) is 26.7 Å². The van der Waals surface area contributed by atoms with Crippen LogP contribution in [0.4, 0.5) is 13.2 Å². The van der Waals surface area contributed by atoms with Crippen molar-refractivity contribution in [3.63, 3.8) is 0 Å². The van der Waals surface area contributed by atoms with Crippen LogP contribution in [-0.2, 0) is 0 Å². The van der Waals surface area contributed by atoms with Crippen molar-refractivity contribution in [3.8, 4) is 0 Å². The van der Waals surface area contributed by atoms with E-state index >= 15 is 0 Å². The number of alkyl halides is 3. The number of nitrogens with one attached hydrogen (secondary N) is 1. The molecule has 0 aromatic heterocycles. The lowest BCUT2D eigenvalue weighted by atomic mass is 10.0. The molecule has 0 aromatic rings. The minimum atomic E-state index is -4.07. The van der Waals surface area contributed by atoms with Gasteiger partial charge >= 0.3 is 6.18 Å². The maximum absolute atomic E-state index is 11.9. The SMILES string of the molecule is CC(C)CCCC(C)NC(N)=NCCCCC(F)(F)F.I. The maximum atomic E-state index is 11.9. The number of hydrogen-bond acceptors (Lipinski definition) is 1. The molecule has 3 N–H and O–H groups in total. The summed E-state index contributed by atoms with van der Waals surface area (Å²) in [4.78, 5) is 4.04. The zero-order valence-corrected chi connectivity index (χ0v) is 15.5. The topological polar surface area (TPSA) is 50.4 Å². The van der Waals surface area contributed by atoms with E-state index in [0.29, 0.717) is 24.8 Å². The second-order valence-corrected chi connectivity index (χ2v) is 5.71. The fourth-order valence-electron chi connectivity index (χ4n) is 1.84. The van der Waals surface area contributed by atoms with Crippen molar-refractivity contribution in [2.75, 3.05) is 6.54 Å². The van der Waals surface area contributed by atoms with Gasteiger partial charge in [0.05, 0.1) is 0 Å². The predicted molar refractivity (Wildman–Crippen MR) is 93.1 cm³/mol. The van der Waals surface area contributed by atoms with Gasteiger partial charge in [-0.25, -0.2) is 0 Å². The fraction of sp³-hybridized carbons (Fsp3) is 0.929. The Morgan fingerprint density at radius 2 is 1.71 bits per heavy atom. The van der Waals surface area contributed by atoms with Crippen molar-refractivity contribution in [2.45, 2.75) is 71.5 Å². The third kappa shape index (κ3) is 17.7. The van der Waals surface area contributed by atoms with Gasteiger partial charge in [0, 0.05) is 19.0 Å². The highest BCUT2D eigenvalue weighted by Gasteiger charge is 2.25. The Morgan fingerprint density at radius 1 is 1.10 bits per heavy atom. The Hall–Kier alpha value is -0.210. The van der Waals surface area contributed by atoms with Crippen molar-refractivity contribution in [3.05, 3.63) is 0 Å². The number of nitrogens with zero attached hydrogens (tertiary/aromatic N) is 1. The van der Waals surface area contributed by atoms with Crippen LogP contribution in [0.2, 0.25) is 0 Å². The van der Waals surface area contributed by atoms with E-state index in [0.717, 1.165) is 12.8 Å². The van der Waals surface area contributed by atoms with Crippen LogP contribution in [0.5, 0.6) is 0 Å². The molecule has 128 valence electrons. The number of aliphatic imine (C=N–C) groups is 1. The first-order valence-corrected chi connectivity index (χ1v) is 7.34. The lowest BCUT2D eigenvalue weighted by Crippen LogP contribution is -2.38. The molecule has 21 heavy (non-hydrogen) atoms. The number of halogens is 4. The van der Waals surface area contributed by atoms with Gasteiger partial charge < -0.3 is 11.1 Å². The zero-order chi connectivity index (χ0) is 15.6. The second kappa shape index (κ2) is 12.3. The number of nitrogens with two attached hydrogens (primary N) is 1. The van der Waals surface area contributed by atoms with Crippen molar-refractivity contribution in [2.24, 2.45) is 16.6 Å². The van der Waals surface area contributed by atoms with Gasteiger partial charge in [0.15, 0.2) is 5.96 Å². The normalized spacial score (nSPS) is 14.0. The molecule has 0 aliphatic rings. The summed E-state index contributed by atoms with van der Waals surface area (Å²) in [5.41, 5.74) is 5.69. The molecule has 0 heterocycles. The molecule has 0 radical (unpaired) electrons. The van der Waals surface area contributed by atoms with Gasteiger partial charge in [-0.2, -0.15) is 13.2 Å². The van der Waals surface area contributed by atoms with Crippen LogP contribution in [0, 0.1) is 5.92 Å². The first-order chi connectivity index (χ1) is 9.20. The van der Waals surface area contributed by atoms with Crippen molar-refractivity contribution in [1.82, 2.24) is 5.32 Å². The van der Waals surface area contributed by atoms with Crippen LogP contribution in [0.15, 0.2) is 4.99 Å². The smallest absolute Gasteiger partial charge is 0.370 e. The fourth-order valence-corrected chi connectivity index (χ4v) is 1.84. The van der Waals surface area contributed by atoms with Crippen LogP contribution in [0.1, 0.15) is 59.3 Å². The van der Waals surface area contributed by atoms with E-state index in [-0.39, 0.29) is 36.4 Å². The van der Waals surface area contributed by atoms with Gasteiger partial charge in [0.25, 0.3) is 0 Å². The summed E-state index contributed by atoms with van der Waals surface area (Å²) in [7, 11) is 0. The summed E-state index contributed by atoms with van der Waals surface area (Å²) >= 11 is 0. The molecular formula is C14H29F3IN3. The molecule has 0 bridgehead atoms. The van der Waals surface area contributed by atoms with E-state index in [1.165, 1.54) is 6.42 Å². The van der Waals surface area contributed by atoms with Crippen molar-refractivity contribution < 1.29 is 13.2 Å². The Balaban J connectivity index is 0. The monoisotopic (exact) mass is 423 g/mol. The van der Waals surface area contributed by atoms with Crippen LogP contribution in [0.3, 0.4) is 0 Å². The molecule has 0 saturated heterocycles. The minimum Gasteiger partial charge on any atom is -0.370 e. The maximum Gasteiger partial charge on any atom is 0.389 e. The highest BCUT2D eigenvalue weighted by Crippen LogP contribution is 2.21. The quantitative estimate of drug-likeness (QED) is 0.249. The third-order valence-electron chi connectivity index (χ3n) is 2.96. The number of hydrogen-bond donors (Lipinski definition) is 2. The molecule has 0 fully saturated rings. The molecule has 0 aliphatic carbocycles. The van der Waals surface area contributed by atoms with E-state index in [1.807, 2.05) is 6.92 Å². The van der Waals surface area contributed by atoms with Crippen molar-refractivity contribution in [1.29, 1.82) is 0 Å². The average molecular weight is 423 g/mol. The highest BCUT2D eigenvalue weighted by molar-refractivity contribution is 14.0. The lowest BCUT2D eigenvalue weighted by molar-refractivity contribution is -0.135. The van der Waals surface area contributed by atoms with E-state index in [2.05, 4.69) is 24.2 Å². The summed E-state index contributed by atoms with van der Waals surface area (Å²) in [5.74, 6) is 1.02. The Bertz CT molecular complexity index is 281. The van der Waals surface area contributed by atoms with Crippen LogP contribution < -0.4 is 11.1 Å². The molecule has 0 amide bonds. The minimum absolute atomic E-state index is 0. The van der Waals surface area contributed by atoms with Gasteiger partial charge in [0.2, 0.25) is 0 Å². The predicted octanol–water partition coefficient (Wildman–Crippen LogP) is 4.46. The number of rotatable bonds is 9. The third-order valence-corrected chi connectivity index (χ3v) is 2.96. The molecule has 0 spiro atoms. The molecule has 0 rings (SSSR count). The standard InChI is InChI=1S/C14H28F3N3.HI/c1-11(2)7-6-8-12(3)20-13(18)19-10-5-4-9-14(15,16)17;/h11-12H,4-10H2,1-3H3,(H3,18,19,20);1H. The van der Waals surface area contributed by atoms with Gasteiger partial charge in [-0.15, -0.1) is 24.0 Å².